The lowest BCUT2D eigenvalue weighted by Crippen LogP contribution is -2.18. The third-order valence-corrected chi connectivity index (χ3v) is 4.94. The molecule has 0 bridgehead atoms. The summed E-state index contributed by atoms with van der Waals surface area (Å²) in [6.45, 7) is 3.48. The van der Waals surface area contributed by atoms with E-state index in [0.29, 0.717) is 12.8 Å². The maximum atomic E-state index is 11.7. The van der Waals surface area contributed by atoms with Gasteiger partial charge < -0.3 is 5.11 Å². The Hall–Kier alpha value is -1.21. The summed E-state index contributed by atoms with van der Waals surface area (Å²) in [7, 11) is -3.59. The van der Waals surface area contributed by atoms with Gasteiger partial charge in [0.25, 0.3) is 10.1 Å². The van der Waals surface area contributed by atoms with Crippen LogP contribution in [0.3, 0.4) is 0 Å². The number of hydrogen-bond acceptors (Lipinski definition) is 4. The third kappa shape index (κ3) is 6.22. The van der Waals surface area contributed by atoms with Crippen molar-refractivity contribution in [3.63, 3.8) is 0 Å². The minimum atomic E-state index is -3.59. The monoisotopic (exact) mass is 426 g/mol. The van der Waals surface area contributed by atoms with Crippen molar-refractivity contribution in [1.82, 2.24) is 0 Å². The molecule has 4 nitrogen and oxygen atoms in total. The molecule has 2 aromatic rings. The van der Waals surface area contributed by atoms with Crippen molar-refractivity contribution in [2.45, 2.75) is 38.4 Å². The normalized spacial score (nSPS) is 13.6. The van der Waals surface area contributed by atoms with E-state index in [1.165, 1.54) is 0 Å². The molecule has 0 saturated heterocycles. The van der Waals surface area contributed by atoms with E-state index in [0.717, 1.165) is 27.4 Å². The molecule has 0 amide bonds. The highest BCUT2D eigenvalue weighted by Crippen LogP contribution is 2.30. The Bertz CT molecular complexity index is 825. The zero-order valence-corrected chi connectivity index (χ0v) is 17.0. The lowest BCUT2D eigenvalue weighted by molar-refractivity contribution is 0.0773. The van der Waals surface area contributed by atoms with E-state index in [1.807, 2.05) is 48.5 Å². The average molecular weight is 427 g/mol. The molecule has 1 atom stereocenters. The van der Waals surface area contributed by atoms with Gasteiger partial charge >= 0.3 is 0 Å². The summed E-state index contributed by atoms with van der Waals surface area (Å²) in [5, 5.41) is 10.3. The second kappa shape index (κ2) is 7.99. The highest BCUT2D eigenvalue weighted by molar-refractivity contribution is 9.10. The number of halogens is 1. The molecule has 0 aliphatic heterocycles. The molecule has 2 aromatic carbocycles. The standard InChI is InChI=1S/C19H23BrO4S/c1-19(2,21)17-10-5-4-7-14(17)11-12-18(24-25(3,22)23)15-8-6-9-16(20)13-15/h4-10,13,18,21H,11-12H2,1-3H3/t18-/m0/s1. The van der Waals surface area contributed by atoms with Gasteiger partial charge in [-0.15, -0.1) is 0 Å². The highest BCUT2D eigenvalue weighted by Gasteiger charge is 2.22. The fourth-order valence-electron chi connectivity index (χ4n) is 2.81. The van der Waals surface area contributed by atoms with Crippen molar-refractivity contribution in [2.24, 2.45) is 0 Å². The van der Waals surface area contributed by atoms with E-state index in [2.05, 4.69) is 15.9 Å². The highest BCUT2D eigenvalue weighted by atomic mass is 79.9. The Balaban J connectivity index is 2.27. The van der Waals surface area contributed by atoms with Gasteiger partial charge in [-0.25, -0.2) is 0 Å². The second-order valence-corrected chi connectivity index (χ2v) is 9.12. The summed E-state index contributed by atoms with van der Waals surface area (Å²) < 4.78 is 29.5. The van der Waals surface area contributed by atoms with Gasteiger partial charge in [-0.05, 0) is 55.5 Å². The van der Waals surface area contributed by atoms with Gasteiger partial charge in [0.1, 0.15) is 6.10 Å². The summed E-state index contributed by atoms with van der Waals surface area (Å²) >= 11 is 3.41. The van der Waals surface area contributed by atoms with Crippen LogP contribution in [-0.4, -0.2) is 19.8 Å². The van der Waals surface area contributed by atoms with Crippen LogP contribution in [0.2, 0.25) is 0 Å². The minimum Gasteiger partial charge on any atom is -0.386 e. The molecule has 0 radical (unpaired) electrons. The molecule has 0 aliphatic rings. The molecule has 0 saturated carbocycles. The molecule has 0 fully saturated rings. The first-order valence-electron chi connectivity index (χ1n) is 8.01. The van der Waals surface area contributed by atoms with Crippen molar-refractivity contribution in [1.29, 1.82) is 0 Å². The molecule has 0 heterocycles. The maximum absolute atomic E-state index is 11.7. The van der Waals surface area contributed by atoms with E-state index >= 15 is 0 Å². The van der Waals surface area contributed by atoms with Crippen molar-refractivity contribution in [3.8, 4) is 0 Å². The van der Waals surface area contributed by atoms with Crippen molar-refractivity contribution >= 4 is 26.0 Å². The van der Waals surface area contributed by atoms with E-state index in [9.17, 15) is 13.5 Å². The molecule has 0 aromatic heterocycles. The fourth-order valence-corrected chi connectivity index (χ4v) is 3.86. The SMILES string of the molecule is CC(C)(O)c1ccccc1CC[C@H](OS(C)(=O)=O)c1cccc(Br)c1. The Labute approximate surface area is 158 Å². The first kappa shape index (κ1) is 20.1. The van der Waals surface area contributed by atoms with Crippen LogP contribution in [0.1, 0.15) is 43.1 Å². The van der Waals surface area contributed by atoms with Crippen LogP contribution in [0, 0.1) is 0 Å². The Kier molecular flexibility index (Phi) is 6.43. The lowest BCUT2D eigenvalue weighted by atomic mass is 9.90. The summed E-state index contributed by atoms with van der Waals surface area (Å²) in [4.78, 5) is 0. The second-order valence-electron chi connectivity index (χ2n) is 6.60. The summed E-state index contributed by atoms with van der Waals surface area (Å²) in [5.41, 5.74) is 1.65. The van der Waals surface area contributed by atoms with Crippen LogP contribution in [0.5, 0.6) is 0 Å². The topological polar surface area (TPSA) is 63.6 Å². The van der Waals surface area contributed by atoms with Gasteiger partial charge in [-0.3, -0.25) is 4.18 Å². The molecule has 0 unspecified atom stereocenters. The molecule has 6 heteroatoms. The van der Waals surface area contributed by atoms with E-state index < -0.39 is 21.8 Å². The van der Waals surface area contributed by atoms with Crippen molar-refractivity contribution in [3.05, 3.63) is 69.7 Å². The van der Waals surface area contributed by atoms with Crippen LogP contribution in [0.25, 0.3) is 0 Å². The van der Waals surface area contributed by atoms with E-state index in [-0.39, 0.29) is 0 Å². The molecule has 25 heavy (non-hydrogen) atoms. The molecule has 136 valence electrons. The number of hydrogen-bond donors (Lipinski definition) is 1. The van der Waals surface area contributed by atoms with Gasteiger partial charge in [0.05, 0.1) is 11.9 Å². The van der Waals surface area contributed by atoms with Crippen LogP contribution < -0.4 is 0 Å². The van der Waals surface area contributed by atoms with Crippen molar-refractivity contribution < 1.29 is 17.7 Å². The first-order chi connectivity index (χ1) is 11.6. The van der Waals surface area contributed by atoms with Gasteiger partial charge in [-0.1, -0.05) is 52.3 Å². The predicted molar refractivity (Wildman–Crippen MR) is 103 cm³/mol. The zero-order valence-electron chi connectivity index (χ0n) is 14.6. The van der Waals surface area contributed by atoms with E-state index in [4.69, 9.17) is 4.18 Å². The summed E-state index contributed by atoms with van der Waals surface area (Å²) in [5.74, 6) is 0. The molecular formula is C19H23BrO4S. The lowest BCUT2D eigenvalue weighted by Gasteiger charge is -2.23. The summed E-state index contributed by atoms with van der Waals surface area (Å²) in [6, 6.07) is 15.1. The maximum Gasteiger partial charge on any atom is 0.264 e. The Morgan fingerprint density at radius 2 is 1.84 bits per heavy atom. The zero-order chi connectivity index (χ0) is 18.7. The molecule has 2 rings (SSSR count). The largest absolute Gasteiger partial charge is 0.386 e. The van der Waals surface area contributed by atoms with Crippen LogP contribution in [-0.2, 0) is 26.3 Å². The van der Waals surface area contributed by atoms with Crippen LogP contribution in [0.4, 0.5) is 0 Å². The number of aliphatic hydroxyl groups is 1. The molecule has 1 N–H and O–H groups in total. The quantitative estimate of drug-likeness (QED) is 0.669. The number of aryl methyl sites for hydroxylation is 1. The van der Waals surface area contributed by atoms with Crippen molar-refractivity contribution in [2.75, 3.05) is 6.26 Å². The fraction of sp³-hybridized carbons (Fsp3) is 0.368. The first-order valence-corrected chi connectivity index (χ1v) is 10.6. The smallest absolute Gasteiger partial charge is 0.264 e. The minimum absolute atomic E-state index is 0.483. The number of rotatable bonds is 7. The van der Waals surface area contributed by atoms with E-state index in [1.54, 1.807) is 13.8 Å². The van der Waals surface area contributed by atoms with Gasteiger partial charge in [0.15, 0.2) is 0 Å². The predicted octanol–water partition coefficient (Wildman–Crippen LogP) is 4.33. The van der Waals surface area contributed by atoms with Crippen LogP contribution in [0.15, 0.2) is 53.0 Å². The van der Waals surface area contributed by atoms with Gasteiger partial charge in [0.2, 0.25) is 0 Å². The molecular weight excluding hydrogens is 404 g/mol. The average Bonchev–Trinajstić information content (AvgIpc) is 2.50. The Morgan fingerprint density at radius 3 is 2.44 bits per heavy atom. The van der Waals surface area contributed by atoms with Gasteiger partial charge in [0, 0.05) is 4.47 Å². The Morgan fingerprint density at radius 1 is 1.16 bits per heavy atom. The van der Waals surface area contributed by atoms with Gasteiger partial charge in [-0.2, -0.15) is 8.42 Å². The number of benzene rings is 2. The summed E-state index contributed by atoms with van der Waals surface area (Å²) in [6.07, 6.45) is 1.55. The molecule has 0 aliphatic carbocycles. The molecule has 0 spiro atoms. The van der Waals surface area contributed by atoms with Crippen LogP contribution >= 0.6 is 15.9 Å². The third-order valence-electron chi connectivity index (χ3n) is 3.86.